The van der Waals surface area contributed by atoms with Gasteiger partial charge in [0.1, 0.15) is 11.6 Å². The van der Waals surface area contributed by atoms with E-state index in [-0.39, 0.29) is 11.1 Å². The maximum Gasteiger partial charge on any atom is 0.315 e. The van der Waals surface area contributed by atoms with E-state index in [1.807, 2.05) is 0 Å². The van der Waals surface area contributed by atoms with Crippen LogP contribution in [0.3, 0.4) is 0 Å². The zero-order chi connectivity index (χ0) is 17.0. The number of amides is 1. The van der Waals surface area contributed by atoms with Crippen LogP contribution >= 0.6 is 0 Å². The predicted molar refractivity (Wildman–Crippen MR) is 80.4 cm³/mol. The molecular weight excluding hydrogens is 302 g/mol. The molecule has 0 atom stereocenters. The number of rotatable bonds is 3. The zero-order valence-electron chi connectivity index (χ0n) is 12.2. The lowest BCUT2D eigenvalue weighted by atomic mass is 10.1. The molecule has 0 radical (unpaired) electrons. The van der Waals surface area contributed by atoms with Crippen LogP contribution in [0.5, 0.6) is 11.5 Å². The molecule has 8 heteroatoms. The highest BCUT2D eigenvalue weighted by Gasteiger charge is 2.22. The highest BCUT2D eigenvalue weighted by Crippen LogP contribution is 2.36. The minimum atomic E-state index is -0.856. The van der Waals surface area contributed by atoms with Crippen LogP contribution in [0.4, 0.5) is 5.69 Å². The molecule has 1 aliphatic rings. The van der Waals surface area contributed by atoms with Gasteiger partial charge in [-0.1, -0.05) is 0 Å². The van der Waals surface area contributed by atoms with Gasteiger partial charge in [-0.15, -0.1) is 0 Å². The van der Waals surface area contributed by atoms with E-state index in [9.17, 15) is 30.4 Å². The second-order valence-corrected chi connectivity index (χ2v) is 5.19. The number of hydrogen-bond donors (Lipinski definition) is 2. The Bertz CT molecular complexity index is 715. The van der Waals surface area contributed by atoms with Gasteiger partial charge in [-0.25, -0.2) is 0 Å². The predicted octanol–water partition coefficient (Wildman–Crippen LogP) is 1.93. The number of nitro groups is 1. The summed E-state index contributed by atoms with van der Waals surface area (Å²) in [5, 5.41) is 39.0. The zero-order valence-corrected chi connectivity index (χ0v) is 12.2. The van der Waals surface area contributed by atoms with Crippen LogP contribution in [-0.2, 0) is 4.79 Å². The van der Waals surface area contributed by atoms with E-state index in [2.05, 4.69) is 0 Å². The Kier molecular flexibility index (Phi) is 4.81. The molecular formula is C15H15N3O5. The number of nitro benzene ring substituents is 1. The molecule has 0 spiro atoms. The van der Waals surface area contributed by atoms with Crippen LogP contribution in [0.25, 0.3) is 6.08 Å². The summed E-state index contributed by atoms with van der Waals surface area (Å²) in [5.74, 6) is -1.98. The van der Waals surface area contributed by atoms with Gasteiger partial charge >= 0.3 is 5.69 Å². The molecule has 23 heavy (non-hydrogen) atoms. The summed E-state index contributed by atoms with van der Waals surface area (Å²) in [6.07, 6.45) is 3.95. The van der Waals surface area contributed by atoms with Crippen LogP contribution in [-0.4, -0.2) is 39.0 Å². The minimum absolute atomic E-state index is 0.0916. The van der Waals surface area contributed by atoms with Crippen molar-refractivity contribution >= 4 is 17.7 Å². The van der Waals surface area contributed by atoms with Crippen molar-refractivity contribution in [1.29, 1.82) is 5.26 Å². The number of hydrogen-bond acceptors (Lipinski definition) is 6. The Labute approximate surface area is 132 Å². The third-order valence-corrected chi connectivity index (χ3v) is 3.59. The number of likely N-dealkylation sites (tertiary alicyclic amines) is 1. The second-order valence-electron chi connectivity index (χ2n) is 5.19. The van der Waals surface area contributed by atoms with Crippen molar-refractivity contribution in [3.63, 3.8) is 0 Å². The van der Waals surface area contributed by atoms with Crippen LogP contribution in [0.2, 0.25) is 0 Å². The Morgan fingerprint density at radius 1 is 1.30 bits per heavy atom. The number of phenols is 2. The number of nitriles is 1. The number of carbonyl (C=O) groups is 1. The summed E-state index contributed by atoms with van der Waals surface area (Å²) < 4.78 is 0. The van der Waals surface area contributed by atoms with E-state index in [4.69, 9.17) is 0 Å². The lowest BCUT2D eigenvalue weighted by molar-refractivity contribution is -0.386. The Hall–Kier alpha value is -3.08. The largest absolute Gasteiger partial charge is 0.504 e. The van der Waals surface area contributed by atoms with E-state index in [1.54, 1.807) is 11.0 Å². The van der Waals surface area contributed by atoms with Crippen molar-refractivity contribution in [3.05, 3.63) is 33.4 Å². The standard InChI is InChI=1S/C15H15N3O5/c16-9-11(15(21)17-4-2-1-3-5-17)6-10-7-12(18(22)23)14(20)13(19)8-10/h6-8,19-20H,1-5H2/b11-6+. The summed E-state index contributed by atoms with van der Waals surface area (Å²) in [4.78, 5) is 23.8. The van der Waals surface area contributed by atoms with E-state index < -0.39 is 28.0 Å². The van der Waals surface area contributed by atoms with Gasteiger partial charge in [-0.05, 0) is 37.0 Å². The molecule has 2 rings (SSSR count). The molecule has 1 aromatic rings. The van der Waals surface area contributed by atoms with E-state index in [1.165, 1.54) is 6.08 Å². The fourth-order valence-electron chi connectivity index (χ4n) is 2.42. The lowest BCUT2D eigenvalue weighted by Gasteiger charge is -2.26. The third kappa shape index (κ3) is 3.58. The lowest BCUT2D eigenvalue weighted by Crippen LogP contribution is -2.36. The molecule has 1 amide bonds. The fraction of sp³-hybridized carbons (Fsp3) is 0.333. The van der Waals surface area contributed by atoms with Crippen molar-refractivity contribution in [2.45, 2.75) is 19.3 Å². The monoisotopic (exact) mass is 317 g/mol. The molecule has 0 aliphatic carbocycles. The van der Waals surface area contributed by atoms with Gasteiger partial charge in [0.05, 0.1) is 4.92 Å². The fourth-order valence-corrected chi connectivity index (χ4v) is 2.42. The molecule has 1 heterocycles. The van der Waals surface area contributed by atoms with Crippen molar-refractivity contribution < 1.29 is 19.9 Å². The number of aromatic hydroxyl groups is 2. The first-order chi connectivity index (χ1) is 10.9. The molecule has 1 aliphatic heterocycles. The highest BCUT2D eigenvalue weighted by molar-refractivity contribution is 6.01. The Morgan fingerprint density at radius 3 is 2.52 bits per heavy atom. The number of piperidine rings is 1. The minimum Gasteiger partial charge on any atom is -0.504 e. The maximum atomic E-state index is 12.3. The third-order valence-electron chi connectivity index (χ3n) is 3.59. The second kappa shape index (κ2) is 6.79. The van der Waals surface area contributed by atoms with Crippen LogP contribution in [0.15, 0.2) is 17.7 Å². The topological polar surface area (TPSA) is 128 Å². The van der Waals surface area contributed by atoms with Crippen molar-refractivity contribution in [2.24, 2.45) is 0 Å². The van der Waals surface area contributed by atoms with Gasteiger partial charge < -0.3 is 15.1 Å². The summed E-state index contributed by atoms with van der Waals surface area (Å²) in [6, 6.07) is 3.84. The van der Waals surface area contributed by atoms with Crippen LogP contribution < -0.4 is 0 Å². The quantitative estimate of drug-likeness (QED) is 0.288. The summed E-state index contributed by atoms with van der Waals surface area (Å²) in [6.45, 7) is 1.14. The molecule has 1 fully saturated rings. The Morgan fingerprint density at radius 2 is 1.96 bits per heavy atom. The SMILES string of the molecule is N#C/C(=C\c1cc(O)c(O)c([N+](=O)[O-])c1)C(=O)N1CCCCC1. The van der Waals surface area contributed by atoms with Gasteiger partial charge in [0, 0.05) is 19.2 Å². The number of nitrogens with zero attached hydrogens (tertiary/aromatic N) is 3. The molecule has 1 aromatic carbocycles. The average molecular weight is 317 g/mol. The summed E-state index contributed by atoms with van der Waals surface area (Å²) >= 11 is 0. The smallest absolute Gasteiger partial charge is 0.315 e. The first kappa shape index (κ1) is 16.3. The summed E-state index contributed by atoms with van der Waals surface area (Å²) in [7, 11) is 0. The van der Waals surface area contributed by atoms with E-state index >= 15 is 0 Å². The van der Waals surface area contributed by atoms with Crippen LogP contribution in [0.1, 0.15) is 24.8 Å². The van der Waals surface area contributed by atoms with Crippen LogP contribution in [0, 0.1) is 21.4 Å². The van der Waals surface area contributed by atoms with Gasteiger partial charge in [0.2, 0.25) is 5.75 Å². The van der Waals surface area contributed by atoms with E-state index in [0.717, 1.165) is 31.4 Å². The summed E-state index contributed by atoms with van der Waals surface area (Å²) in [5.41, 5.74) is -0.779. The molecule has 0 bridgehead atoms. The highest BCUT2D eigenvalue weighted by atomic mass is 16.6. The van der Waals surface area contributed by atoms with Gasteiger partial charge in [0.25, 0.3) is 5.91 Å². The average Bonchev–Trinajstić information content (AvgIpc) is 2.55. The normalized spacial score (nSPS) is 15.1. The number of carbonyl (C=O) groups excluding carboxylic acids is 1. The molecule has 2 N–H and O–H groups in total. The van der Waals surface area contributed by atoms with Crippen molar-refractivity contribution in [2.75, 3.05) is 13.1 Å². The Balaban J connectivity index is 2.36. The molecule has 120 valence electrons. The van der Waals surface area contributed by atoms with Crippen molar-refractivity contribution in [1.82, 2.24) is 4.90 Å². The molecule has 0 aromatic heterocycles. The molecule has 0 saturated carbocycles. The van der Waals surface area contributed by atoms with Gasteiger partial charge in [-0.2, -0.15) is 5.26 Å². The first-order valence-corrected chi connectivity index (χ1v) is 7.05. The molecule has 1 saturated heterocycles. The van der Waals surface area contributed by atoms with Gasteiger partial charge in [-0.3, -0.25) is 14.9 Å². The first-order valence-electron chi connectivity index (χ1n) is 7.05. The molecule has 0 unspecified atom stereocenters. The maximum absolute atomic E-state index is 12.3. The molecule has 8 nitrogen and oxygen atoms in total. The number of benzene rings is 1. The van der Waals surface area contributed by atoms with Crippen molar-refractivity contribution in [3.8, 4) is 17.6 Å². The number of phenolic OH excluding ortho intramolecular Hbond substituents is 2. The van der Waals surface area contributed by atoms with Gasteiger partial charge in [0.15, 0.2) is 5.75 Å². The van der Waals surface area contributed by atoms with E-state index in [0.29, 0.717) is 13.1 Å².